The quantitative estimate of drug-likeness (QED) is 0.842. The Bertz CT molecular complexity index is 487. The lowest BCUT2D eigenvalue weighted by atomic mass is 9.95. The highest BCUT2D eigenvalue weighted by Crippen LogP contribution is 2.22. The summed E-state index contributed by atoms with van der Waals surface area (Å²) in [6.07, 6.45) is 1.52. The van der Waals surface area contributed by atoms with Gasteiger partial charge in [-0.1, -0.05) is 30.3 Å². The molecule has 18 heavy (non-hydrogen) atoms. The first-order chi connectivity index (χ1) is 8.55. The molecule has 1 aliphatic heterocycles. The predicted octanol–water partition coefficient (Wildman–Crippen LogP) is 0.682. The van der Waals surface area contributed by atoms with Crippen LogP contribution in [0.4, 0.5) is 0 Å². The van der Waals surface area contributed by atoms with Gasteiger partial charge in [0, 0.05) is 18.6 Å². The van der Waals surface area contributed by atoms with Crippen LogP contribution >= 0.6 is 0 Å². The number of sulfone groups is 1. The molecule has 1 unspecified atom stereocenters. The van der Waals surface area contributed by atoms with E-state index in [1.54, 1.807) is 0 Å². The molecular formula is C13H20N2O2S. The highest BCUT2D eigenvalue weighted by Gasteiger charge is 2.37. The van der Waals surface area contributed by atoms with Crippen molar-refractivity contribution in [3.05, 3.63) is 35.9 Å². The maximum Gasteiger partial charge on any atom is 0.152 e. The first-order valence-electron chi connectivity index (χ1n) is 6.25. The highest BCUT2D eigenvalue weighted by molar-refractivity contribution is 7.91. The standard InChI is InChI=1S/C13H20N2O2S/c14-10-13(7-4-8-18(16,17)11-13)15-9-12-5-2-1-3-6-12/h1-3,5-6,15H,4,7-11,14H2. The molecule has 0 amide bonds. The topological polar surface area (TPSA) is 72.2 Å². The van der Waals surface area contributed by atoms with Gasteiger partial charge in [-0.2, -0.15) is 0 Å². The van der Waals surface area contributed by atoms with E-state index in [9.17, 15) is 8.42 Å². The summed E-state index contributed by atoms with van der Waals surface area (Å²) in [4.78, 5) is 0. The van der Waals surface area contributed by atoms with Crippen molar-refractivity contribution in [2.75, 3.05) is 18.1 Å². The lowest BCUT2D eigenvalue weighted by Gasteiger charge is -2.37. The number of nitrogens with one attached hydrogen (secondary N) is 1. The first kappa shape index (κ1) is 13.5. The van der Waals surface area contributed by atoms with E-state index in [1.165, 1.54) is 0 Å². The zero-order chi connectivity index (χ0) is 13.1. The molecule has 0 saturated carbocycles. The highest BCUT2D eigenvalue weighted by atomic mass is 32.2. The predicted molar refractivity (Wildman–Crippen MR) is 73.0 cm³/mol. The van der Waals surface area contributed by atoms with E-state index in [4.69, 9.17) is 5.73 Å². The van der Waals surface area contributed by atoms with Gasteiger partial charge in [0.25, 0.3) is 0 Å². The molecule has 1 aliphatic rings. The third-order valence-electron chi connectivity index (χ3n) is 3.51. The van der Waals surface area contributed by atoms with Gasteiger partial charge in [-0.15, -0.1) is 0 Å². The van der Waals surface area contributed by atoms with Gasteiger partial charge in [0.2, 0.25) is 0 Å². The summed E-state index contributed by atoms with van der Waals surface area (Å²) in [5.41, 5.74) is 6.49. The monoisotopic (exact) mass is 268 g/mol. The maximum atomic E-state index is 11.7. The van der Waals surface area contributed by atoms with E-state index in [0.717, 1.165) is 12.0 Å². The Labute approximate surface area is 108 Å². The lowest BCUT2D eigenvalue weighted by molar-refractivity contribution is 0.325. The van der Waals surface area contributed by atoms with Gasteiger partial charge in [-0.3, -0.25) is 0 Å². The van der Waals surface area contributed by atoms with E-state index in [2.05, 4.69) is 5.32 Å². The Hall–Kier alpha value is -0.910. The van der Waals surface area contributed by atoms with Crippen LogP contribution in [0.25, 0.3) is 0 Å². The second-order valence-electron chi connectivity index (χ2n) is 5.02. The number of hydrogen-bond acceptors (Lipinski definition) is 4. The van der Waals surface area contributed by atoms with Gasteiger partial charge in [-0.25, -0.2) is 8.42 Å². The molecule has 5 heteroatoms. The molecule has 1 aromatic rings. The molecule has 0 aliphatic carbocycles. The molecule has 1 saturated heterocycles. The van der Waals surface area contributed by atoms with Gasteiger partial charge in [-0.05, 0) is 18.4 Å². The van der Waals surface area contributed by atoms with E-state index in [-0.39, 0.29) is 5.75 Å². The van der Waals surface area contributed by atoms with Crippen LogP contribution in [0.3, 0.4) is 0 Å². The molecule has 0 bridgehead atoms. The van der Waals surface area contributed by atoms with Crippen molar-refractivity contribution in [3.8, 4) is 0 Å². The average Bonchev–Trinajstić information content (AvgIpc) is 2.37. The smallest absolute Gasteiger partial charge is 0.152 e. The SMILES string of the molecule is NCC1(NCc2ccccc2)CCCS(=O)(=O)C1. The second kappa shape index (κ2) is 5.38. The van der Waals surface area contributed by atoms with Crippen molar-refractivity contribution >= 4 is 9.84 Å². The van der Waals surface area contributed by atoms with Crippen molar-refractivity contribution < 1.29 is 8.42 Å². The Morgan fingerprint density at radius 3 is 2.61 bits per heavy atom. The van der Waals surface area contributed by atoms with Crippen LogP contribution < -0.4 is 11.1 Å². The van der Waals surface area contributed by atoms with E-state index in [0.29, 0.717) is 25.3 Å². The van der Waals surface area contributed by atoms with Gasteiger partial charge >= 0.3 is 0 Å². The van der Waals surface area contributed by atoms with Crippen LogP contribution in [0, 0.1) is 0 Å². The van der Waals surface area contributed by atoms with Crippen LogP contribution in [0.5, 0.6) is 0 Å². The summed E-state index contributed by atoms with van der Waals surface area (Å²) in [5, 5.41) is 3.35. The summed E-state index contributed by atoms with van der Waals surface area (Å²) >= 11 is 0. The van der Waals surface area contributed by atoms with Gasteiger partial charge in [0.1, 0.15) is 0 Å². The fourth-order valence-corrected chi connectivity index (χ4v) is 4.39. The van der Waals surface area contributed by atoms with E-state index < -0.39 is 15.4 Å². The van der Waals surface area contributed by atoms with Crippen LogP contribution in [-0.4, -0.2) is 32.0 Å². The van der Waals surface area contributed by atoms with E-state index >= 15 is 0 Å². The van der Waals surface area contributed by atoms with Crippen LogP contribution in [0.1, 0.15) is 18.4 Å². The van der Waals surface area contributed by atoms with Gasteiger partial charge in [0.15, 0.2) is 9.84 Å². The molecule has 1 heterocycles. The summed E-state index contributed by atoms with van der Waals surface area (Å²) in [7, 11) is -2.95. The molecule has 100 valence electrons. The lowest BCUT2D eigenvalue weighted by Crippen LogP contribution is -2.57. The van der Waals surface area contributed by atoms with Crippen molar-refractivity contribution in [2.45, 2.75) is 24.9 Å². The van der Waals surface area contributed by atoms with Crippen LogP contribution in [0.15, 0.2) is 30.3 Å². The average molecular weight is 268 g/mol. The minimum absolute atomic E-state index is 0.156. The number of hydrogen-bond donors (Lipinski definition) is 2. The Morgan fingerprint density at radius 1 is 1.28 bits per heavy atom. The molecule has 1 aromatic carbocycles. The summed E-state index contributed by atoms with van der Waals surface area (Å²) in [6, 6.07) is 9.96. The largest absolute Gasteiger partial charge is 0.329 e. The Kier molecular flexibility index (Phi) is 4.04. The molecule has 2 rings (SSSR count). The maximum absolute atomic E-state index is 11.7. The van der Waals surface area contributed by atoms with Crippen molar-refractivity contribution in [2.24, 2.45) is 5.73 Å². The molecule has 1 atom stereocenters. The summed E-state index contributed by atoms with van der Waals surface area (Å²) in [6.45, 7) is 1.02. The van der Waals surface area contributed by atoms with Crippen molar-refractivity contribution in [1.29, 1.82) is 0 Å². The third-order valence-corrected chi connectivity index (χ3v) is 5.41. The van der Waals surface area contributed by atoms with Gasteiger partial charge < -0.3 is 11.1 Å². The number of nitrogens with two attached hydrogens (primary N) is 1. The number of benzene rings is 1. The van der Waals surface area contributed by atoms with E-state index in [1.807, 2.05) is 30.3 Å². The molecule has 0 radical (unpaired) electrons. The van der Waals surface area contributed by atoms with Crippen molar-refractivity contribution in [1.82, 2.24) is 5.32 Å². The first-order valence-corrected chi connectivity index (χ1v) is 8.07. The molecular weight excluding hydrogens is 248 g/mol. The Morgan fingerprint density at radius 2 is 2.00 bits per heavy atom. The van der Waals surface area contributed by atoms with Crippen LogP contribution in [0.2, 0.25) is 0 Å². The minimum Gasteiger partial charge on any atom is -0.329 e. The fraction of sp³-hybridized carbons (Fsp3) is 0.538. The number of rotatable bonds is 4. The molecule has 3 N–H and O–H groups in total. The van der Waals surface area contributed by atoms with Gasteiger partial charge in [0.05, 0.1) is 11.5 Å². The normalized spacial score (nSPS) is 26.9. The summed E-state index contributed by atoms with van der Waals surface area (Å²) in [5.74, 6) is 0.450. The van der Waals surface area contributed by atoms with Crippen LogP contribution in [-0.2, 0) is 16.4 Å². The molecule has 0 spiro atoms. The zero-order valence-corrected chi connectivity index (χ0v) is 11.2. The van der Waals surface area contributed by atoms with Crippen molar-refractivity contribution in [3.63, 3.8) is 0 Å². The second-order valence-corrected chi connectivity index (χ2v) is 7.20. The molecule has 0 aromatic heterocycles. The minimum atomic E-state index is -2.95. The fourth-order valence-electron chi connectivity index (χ4n) is 2.45. The Balaban J connectivity index is 2.05. The molecule has 4 nitrogen and oxygen atoms in total. The molecule has 1 fully saturated rings. The summed E-state index contributed by atoms with van der Waals surface area (Å²) < 4.78 is 23.5. The zero-order valence-electron chi connectivity index (χ0n) is 10.4. The third kappa shape index (κ3) is 3.31.